The first-order valence-corrected chi connectivity index (χ1v) is 6.60. The van der Waals surface area contributed by atoms with Gasteiger partial charge in [0.25, 0.3) is 0 Å². The summed E-state index contributed by atoms with van der Waals surface area (Å²) in [5.74, 6) is 4.39. The highest BCUT2D eigenvalue weighted by molar-refractivity contribution is 9.10. The standard InChI is InChI=1S/C14H13BrF2N2O/c1-20-9-3-4-11(15)10(7-9)14(19-18)8-2-5-12(16)13(17)6-8/h2-7,14,19H,18H2,1H3. The minimum Gasteiger partial charge on any atom is -0.497 e. The zero-order chi connectivity index (χ0) is 14.7. The van der Waals surface area contributed by atoms with E-state index >= 15 is 0 Å². The molecule has 0 saturated carbocycles. The van der Waals surface area contributed by atoms with Crippen molar-refractivity contribution in [2.45, 2.75) is 6.04 Å². The first-order chi connectivity index (χ1) is 9.56. The van der Waals surface area contributed by atoms with Crippen LogP contribution >= 0.6 is 15.9 Å². The quantitative estimate of drug-likeness (QED) is 0.662. The van der Waals surface area contributed by atoms with Gasteiger partial charge in [0.2, 0.25) is 0 Å². The predicted molar refractivity (Wildman–Crippen MR) is 76.2 cm³/mol. The first-order valence-electron chi connectivity index (χ1n) is 5.81. The molecule has 106 valence electrons. The molecule has 0 bridgehead atoms. The summed E-state index contributed by atoms with van der Waals surface area (Å²) in [7, 11) is 1.55. The Hall–Kier alpha value is -1.50. The fourth-order valence-corrected chi connectivity index (χ4v) is 2.40. The number of methoxy groups -OCH3 is 1. The average molecular weight is 343 g/mol. The molecule has 0 radical (unpaired) electrons. The highest BCUT2D eigenvalue weighted by Crippen LogP contribution is 2.31. The van der Waals surface area contributed by atoms with Crippen LogP contribution in [0.3, 0.4) is 0 Å². The van der Waals surface area contributed by atoms with Gasteiger partial charge in [0, 0.05) is 4.47 Å². The van der Waals surface area contributed by atoms with E-state index in [-0.39, 0.29) is 0 Å². The molecule has 3 nitrogen and oxygen atoms in total. The van der Waals surface area contributed by atoms with Crippen LogP contribution in [0, 0.1) is 11.6 Å². The van der Waals surface area contributed by atoms with Crippen molar-refractivity contribution in [1.29, 1.82) is 0 Å². The summed E-state index contributed by atoms with van der Waals surface area (Å²) in [4.78, 5) is 0. The molecule has 0 aromatic heterocycles. The van der Waals surface area contributed by atoms with Crippen molar-refractivity contribution >= 4 is 15.9 Å². The lowest BCUT2D eigenvalue weighted by Gasteiger charge is -2.19. The fourth-order valence-electron chi connectivity index (χ4n) is 1.93. The van der Waals surface area contributed by atoms with Crippen LogP contribution < -0.4 is 16.0 Å². The lowest BCUT2D eigenvalue weighted by atomic mass is 9.99. The van der Waals surface area contributed by atoms with Crippen LogP contribution in [0.1, 0.15) is 17.2 Å². The number of hydrogen-bond donors (Lipinski definition) is 2. The summed E-state index contributed by atoms with van der Waals surface area (Å²) in [5, 5.41) is 0. The molecule has 0 aliphatic rings. The van der Waals surface area contributed by atoms with E-state index in [1.165, 1.54) is 6.07 Å². The lowest BCUT2D eigenvalue weighted by Crippen LogP contribution is -2.29. The largest absolute Gasteiger partial charge is 0.497 e. The van der Waals surface area contributed by atoms with E-state index in [4.69, 9.17) is 10.6 Å². The Morgan fingerprint density at radius 1 is 1.15 bits per heavy atom. The molecule has 0 heterocycles. The van der Waals surface area contributed by atoms with Crippen LogP contribution in [0.15, 0.2) is 40.9 Å². The van der Waals surface area contributed by atoms with Gasteiger partial charge in [0.15, 0.2) is 11.6 Å². The van der Waals surface area contributed by atoms with Crippen molar-refractivity contribution in [3.63, 3.8) is 0 Å². The third kappa shape index (κ3) is 2.98. The van der Waals surface area contributed by atoms with E-state index in [0.29, 0.717) is 11.3 Å². The van der Waals surface area contributed by atoms with Gasteiger partial charge in [-0.25, -0.2) is 14.2 Å². The fraction of sp³-hybridized carbons (Fsp3) is 0.143. The monoisotopic (exact) mass is 342 g/mol. The summed E-state index contributed by atoms with van der Waals surface area (Å²) in [6.45, 7) is 0. The van der Waals surface area contributed by atoms with E-state index in [2.05, 4.69) is 21.4 Å². The van der Waals surface area contributed by atoms with Gasteiger partial charge in [-0.2, -0.15) is 0 Å². The number of nitrogens with one attached hydrogen (secondary N) is 1. The van der Waals surface area contributed by atoms with E-state index in [1.54, 1.807) is 25.3 Å². The minimum atomic E-state index is -0.915. The number of benzene rings is 2. The van der Waals surface area contributed by atoms with Gasteiger partial charge in [0.1, 0.15) is 5.75 Å². The van der Waals surface area contributed by atoms with Crippen molar-refractivity contribution in [1.82, 2.24) is 5.43 Å². The van der Waals surface area contributed by atoms with Gasteiger partial charge in [-0.05, 0) is 41.5 Å². The number of hydrazine groups is 1. The molecule has 1 atom stereocenters. The van der Waals surface area contributed by atoms with E-state index in [9.17, 15) is 8.78 Å². The molecule has 0 amide bonds. The molecule has 0 aliphatic carbocycles. The molecule has 20 heavy (non-hydrogen) atoms. The Labute approximate surface area is 123 Å². The second-order valence-electron chi connectivity index (χ2n) is 4.16. The first kappa shape index (κ1) is 14.9. The lowest BCUT2D eigenvalue weighted by molar-refractivity contribution is 0.413. The van der Waals surface area contributed by atoms with Gasteiger partial charge >= 0.3 is 0 Å². The van der Waals surface area contributed by atoms with Crippen LogP contribution in [0.5, 0.6) is 5.75 Å². The highest BCUT2D eigenvalue weighted by Gasteiger charge is 2.18. The maximum absolute atomic E-state index is 13.4. The van der Waals surface area contributed by atoms with E-state index in [1.807, 2.05) is 0 Å². The Balaban J connectivity index is 2.48. The predicted octanol–water partition coefficient (Wildman–Crippen LogP) is 3.29. The Bertz CT molecular complexity index is 622. The number of halogens is 3. The molecule has 0 saturated heterocycles. The number of hydrogen-bond acceptors (Lipinski definition) is 3. The summed E-state index contributed by atoms with van der Waals surface area (Å²) in [6, 6.07) is 8.54. The molecule has 0 fully saturated rings. The van der Waals surface area contributed by atoms with Gasteiger partial charge in [-0.1, -0.05) is 22.0 Å². The molecule has 2 aromatic carbocycles. The van der Waals surface area contributed by atoms with Crippen molar-refractivity contribution in [2.75, 3.05) is 7.11 Å². The summed E-state index contributed by atoms with van der Waals surface area (Å²) in [6.07, 6.45) is 0. The van der Waals surface area contributed by atoms with Gasteiger partial charge in [-0.3, -0.25) is 5.84 Å². The van der Waals surface area contributed by atoms with Gasteiger partial charge in [0.05, 0.1) is 13.2 Å². The van der Waals surface area contributed by atoms with Gasteiger partial charge in [-0.15, -0.1) is 0 Å². The van der Waals surface area contributed by atoms with Crippen LogP contribution in [-0.2, 0) is 0 Å². The third-order valence-electron chi connectivity index (χ3n) is 2.96. The topological polar surface area (TPSA) is 47.3 Å². The summed E-state index contributed by atoms with van der Waals surface area (Å²) in [5.41, 5.74) is 3.87. The second-order valence-corrected chi connectivity index (χ2v) is 5.02. The number of ether oxygens (including phenoxy) is 1. The highest BCUT2D eigenvalue weighted by atomic mass is 79.9. The second kappa shape index (κ2) is 6.30. The average Bonchev–Trinajstić information content (AvgIpc) is 2.45. The molecule has 1 unspecified atom stereocenters. The van der Waals surface area contributed by atoms with E-state index < -0.39 is 17.7 Å². The molecular weight excluding hydrogens is 330 g/mol. The number of nitrogens with two attached hydrogens (primary N) is 1. The van der Waals surface area contributed by atoms with Gasteiger partial charge < -0.3 is 4.74 Å². The maximum atomic E-state index is 13.4. The third-order valence-corrected chi connectivity index (χ3v) is 3.68. The molecule has 2 aromatic rings. The Morgan fingerprint density at radius 2 is 1.90 bits per heavy atom. The zero-order valence-electron chi connectivity index (χ0n) is 10.7. The summed E-state index contributed by atoms with van der Waals surface area (Å²) >= 11 is 3.41. The molecule has 0 aliphatic heterocycles. The Kier molecular flexibility index (Phi) is 4.69. The Morgan fingerprint density at radius 3 is 2.50 bits per heavy atom. The molecule has 3 N–H and O–H groups in total. The van der Waals surface area contributed by atoms with Crippen LogP contribution in [0.2, 0.25) is 0 Å². The zero-order valence-corrected chi connectivity index (χ0v) is 12.2. The number of rotatable bonds is 4. The van der Waals surface area contributed by atoms with Crippen LogP contribution in [-0.4, -0.2) is 7.11 Å². The molecule has 2 rings (SSSR count). The molecular formula is C14H13BrF2N2O. The van der Waals surface area contributed by atoms with E-state index in [0.717, 1.165) is 22.2 Å². The molecule has 6 heteroatoms. The maximum Gasteiger partial charge on any atom is 0.159 e. The molecule has 0 spiro atoms. The van der Waals surface area contributed by atoms with Crippen molar-refractivity contribution in [3.8, 4) is 5.75 Å². The van der Waals surface area contributed by atoms with Crippen molar-refractivity contribution < 1.29 is 13.5 Å². The van der Waals surface area contributed by atoms with Crippen molar-refractivity contribution in [3.05, 3.63) is 63.6 Å². The SMILES string of the molecule is COc1ccc(Br)c(C(NN)c2ccc(F)c(F)c2)c1. The van der Waals surface area contributed by atoms with Crippen LogP contribution in [0.25, 0.3) is 0 Å². The van der Waals surface area contributed by atoms with Crippen LogP contribution in [0.4, 0.5) is 8.78 Å². The van der Waals surface area contributed by atoms with Crippen molar-refractivity contribution in [2.24, 2.45) is 5.84 Å². The minimum absolute atomic E-state index is 0.491. The normalized spacial score (nSPS) is 12.2. The summed E-state index contributed by atoms with van der Waals surface area (Å²) < 4.78 is 32.3. The smallest absolute Gasteiger partial charge is 0.159 e.